The number of rotatable bonds is 4. The van der Waals surface area contributed by atoms with E-state index in [0.29, 0.717) is 18.1 Å². The number of anilines is 1. The molecule has 1 fully saturated rings. The molecule has 1 heterocycles. The Labute approximate surface area is 123 Å². The SMILES string of the molecule is Cc1cc(NC(=O)NCC2(c3ccccc3)CCC2)no1. The number of urea groups is 1. The number of aromatic nitrogens is 1. The average Bonchev–Trinajstić information content (AvgIpc) is 2.84. The second-order valence-electron chi connectivity index (χ2n) is 5.63. The fourth-order valence-corrected chi connectivity index (χ4v) is 2.80. The summed E-state index contributed by atoms with van der Waals surface area (Å²) in [5.74, 6) is 1.11. The first kappa shape index (κ1) is 13.7. The minimum atomic E-state index is -0.245. The van der Waals surface area contributed by atoms with Crippen molar-refractivity contribution in [2.45, 2.75) is 31.6 Å². The number of hydrogen-bond donors (Lipinski definition) is 2. The van der Waals surface area contributed by atoms with Crippen molar-refractivity contribution in [3.05, 3.63) is 47.7 Å². The van der Waals surface area contributed by atoms with E-state index in [4.69, 9.17) is 4.52 Å². The highest BCUT2D eigenvalue weighted by molar-refractivity contribution is 5.88. The van der Waals surface area contributed by atoms with Gasteiger partial charge in [-0.05, 0) is 25.3 Å². The zero-order valence-electron chi connectivity index (χ0n) is 12.1. The summed E-state index contributed by atoms with van der Waals surface area (Å²) in [5, 5.41) is 9.38. The van der Waals surface area contributed by atoms with Crippen LogP contribution in [0, 0.1) is 6.92 Å². The van der Waals surface area contributed by atoms with Crippen LogP contribution in [-0.4, -0.2) is 17.7 Å². The molecule has 5 nitrogen and oxygen atoms in total. The molecule has 1 aliphatic rings. The molecule has 0 aliphatic heterocycles. The van der Waals surface area contributed by atoms with Gasteiger partial charge in [-0.1, -0.05) is 41.9 Å². The normalized spacial score (nSPS) is 16.0. The van der Waals surface area contributed by atoms with Crippen molar-refractivity contribution in [2.24, 2.45) is 0 Å². The molecule has 2 amide bonds. The molecule has 1 aliphatic carbocycles. The van der Waals surface area contributed by atoms with Crippen LogP contribution in [-0.2, 0) is 5.41 Å². The molecule has 2 N–H and O–H groups in total. The van der Waals surface area contributed by atoms with Crippen LogP contribution in [0.25, 0.3) is 0 Å². The largest absolute Gasteiger partial charge is 0.360 e. The molecular weight excluding hydrogens is 266 g/mol. The lowest BCUT2D eigenvalue weighted by atomic mass is 9.64. The molecule has 110 valence electrons. The van der Waals surface area contributed by atoms with Crippen LogP contribution in [0.5, 0.6) is 0 Å². The van der Waals surface area contributed by atoms with Gasteiger partial charge in [0.05, 0.1) is 0 Å². The Balaban J connectivity index is 1.59. The first-order chi connectivity index (χ1) is 10.2. The zero-order valence-corrected chi connectivity index (χ0v) is 12.1. The van der Waals surface area contributed by atoms with Gasteiger partial charge in [0.2, 0.25) is 0 Å². The van der Waals surface area contributed by atoms with Gasteiger partial charge in [-0.15, -0.1) is 0 Å². The highest BCUT2D eigenvalue weighted by Crippen LogP contribution is 2.43. The molecule has 0 radical (unpaired) electrons. The van der Waals surface area contributed by atoms with E-state index in [1.807, 2.05) is 18.2 Å². The minimum Gasteiger partial charge on any atom is -0.360 e. The Morgan fingerprint density at radius 2 is 2.10 bits per heavy atom. The predicted octanol–water partition coefficient (Wildman–Crippen LogP) is 3.23. The van der Waals surface area contributed by atoms with E-state index in [2.05, 4.69) is 27.9 Å². The first-order valence-corrected chi connectivity index (χ1v) is 7.22. The monoisotopic (exact) mass is 285 g/mol. The number of nitrogens with one attached hydrogen (secondary N) is 2. The van der Waals surface area contributed by atoms with Crippen LogP contribution >= 0.6 is 0 Å². The Morgan fingerprint density at radius 3 is 2.67 bits per heavy atom. The maximum Gasteiger partial charge on any atom is 0.320 e. The maximum atomic E-state index is 11.9. The summed E-state index contributed by atoms with van der Waals surface area (Å²) in [4.78, 5) is 11.9. The summed E-state index contributed by atoms with van der Waals surface area (Å²) in [6.07, 6.45) is 3.43. The van der Waals surface area contributed by atoms with Crippen LogP contribution in [0.2, 0.25) is 0 Å². The second kappa shape index (κ2) is 5.60. The number of carbonyl (C=O) groups excluding carboxylic acids is 1. The van der Waals surface area contributed by atoms with Gasteiger partial charge in [-0.3, -0.25) is 5.32 Å². The smallest absolute Gasteiger partial charge is 0.320 e. The summed E-state index contributed by atoms with van der Waals surface area (Å²) >= 11 is 0. The molecule has 1 saturated carbocycles. The third-order valence-corrected chi connectivity index (χ3v) is 4.15. The van der Waals surface area contributed by atoms with Gasteiger partial charge in [0.1, 0.15) is 5.76 Å². The van der Waals surface area contributed by atoms with E-state index in [0.717, 1.165) is 12.8 Å². The maximum absolute atomic E-state index is 11.9. The predicted molar refractivity (Wildman–Crippen MR) is 80.2 cm³/mol. The van der Waals surface area contributed by atoms with Crippen LogP contribution in [0.15, 0.2) is 40.9 Å². The Hall–Kier alpha value is -2.30. The van der Waals surface area contributed by atoms with E-state index >= 15 is 0 Å². The van der Waals surface area contributed by atoms with E-state index < -0.39 is 0 Å². The molecule has 0 saturated heterocycles. The van der Waals surface area contributed by atoms with Gasteiger partial charge in [0, 0.05) is 18.0 Å². The van der Waals surface area contributed by atoms with Crippen LogP contribution in [0.1, 0.15) is 30.6 Å². The number of nitrogens with zero attached hydrogens (tertiary/aromatic N) is 1. The summed E-state index contributed by atoms with van der Waals surface area (Å²) in [6, 6.07) is 11.8. The van der Waals surface area contributed by atoms with E-state index in [9.17, 15) is 4.79 Å². The lowest BCUT2D eigenvalue weighted by Gasteiger charge is -2.42. The number of aryl methyl sites for hydroxylation is 1. The van der Waals surface area contributed by atoms with E-state index in [-0.39, 0.29) is 11.4 Å². The number of benzene rings is 1. The molecule has 3 rings (SSSR count). The standard InChI is InChI=1S/C16H19N3O2/c1-12-10-14(19-21-12)18-15(20)17-11-16(8-5-9-16)13-6-3-2-4-7-13/h2-4,6-7,10H,5,8-9,11H2,1H3,(H2,17,18,19,20). The fraction of sp³-hybridized carbons (Fsp3) is 0.375. The third-order valence-electron chi connectivity index (χ3n) is 4.15. The quantitative estimate of drug-likeness (QED) is 0.906. The Morgan fingerprint density at radius 1 is 1.33 bits per heavy atom. The highest BCUT2D eigenvalue weighted by Gasteiger charge is 2.38. The van der Waals surface area contributed by atoms with Crippen molar-refractivity contribution in [1.82, 2.24) is 10.5 Å². The molecule has 2 aromatic rings. The second-order valence-corrected chi connectivity index (χ2v) is 5.63. The number of carbonyl (C=O) groups is 1. The molecular formula is C16H19N3O2. The van der Waals surface area contributed by atoms with Crippen molar-refractivity contribution >= 4 is 11.8 Å². The molecule has 21 heavy (non-hydrogen) atoms. The lowest BCUT2D eigenvalue weighted by molar-refractivity contribution is 0.222. The molecule has 0 atom stereocenters. The summed E-state index contributed by atoms with van der Waals surface area (Å²) < 4.78 is 4.92. The molecule has 0 unspecified atom stereocenters. The molecule has 1 aromatic heterocycles. The van der Waals surface area contributed by atoms with Crippen LogP contribution in [0.4, 0.5) is 10.6 Å². The van der Waals surface area contributed by atoms with Gasteiger partial charge in [0.25, 0.3) is 0 Å². The van der Waals surface area contributed by atoms with Crippen molar-refractivity contribution in [3.63, 3.8) is 0 Å². The minimum absolute atomic E-state index is 0.0817. The topological polar surface area (TPSA) is 67.2 Å². The number of hydrogen-bond acceptors (Lipinski definition) is 3. The van der Waals surface area contributed by atoms with Crippen molar-refractivity contribution < 1.29 is 9.32 Å². The van der Waals surface area contributed by atoms with Crippen molar-refractivity contribution in [2.75, 3.05) is 11.9 Å². The molecule has 5 heteroatoms. The van der Waals surface area contributed by atoms with Crippen molar-refractivity contribution in [1.29, 1.82) is 0 Å². The van der Waals surface area contributed by atoms with Crippen molar-refractivity contribution in [3.8, 4) is 0 Å². The average molecular weight is 285 g/mol. The fourth-order valence-electron chi connectivity index (χ4n) is 2.80. The summed E-state index contributed by atoms with van der Waals surface area (Å²) in [7, 11) is 0. The first-order valence-electron chi connectivity index (χ1n) is 7.22. The Kier molecular flexibility index (Phi) is 3.64. The Bertz CT molecular complexity index is 617. The van der Waals surface area contributed by atoms with E-state index in [1.54, 1.807) is 13.0 Å². The lowest BCUT2D eigenvalue weighted by Crippen LogP contribution is -2.46. The zero-order chi connectivity index (χ0) is 14.7. The molecule has 0 spiro atoms. The van der Waals surface area contributed by atoms with Gasteiger partial charge in [0.15, 0.2) is 5.82 Å². The van der Waals surface area contributed by atoms with E-state index in [1.165, 1.54) is 12.0 Å². The molecule has 1 aromatic carbocycles. The third kappa shape index (κ3) is 2.91. The summed E-state index contributed by atoms with van der Waals surface area (Å²) in [6.45, 7) is 2.43. The molecule has 0 bridgehead atoms. The van der Waals surface area contributed by atoms with Crippen LogP contribution < -0.4 is 10.6 Å². The summed E-state index contributed by atoms with van der Waals surface area (Å²) in [5.41, 5.74) is 1.38. The van der Waals surface area contributed by atoms with Gasteiger partial charge >= 0.3 is 6.03 Å². The van der Waals surface area contributed by atoms with Gasteiger partial charge in [-0.2, -0.15) is 0 Å². The highest BCUT2D eigenvalue weighted by atomic mass is 16.5. The van der Waals surface area contributed by atoms with Crippen LogP contribution in [0.3, 0.4) is 0 Å². The van der Waals surface area contributed by atoms with Gasteiger partial charge < -0.3 is 9.84 Å². The van der Waals surface area contributed by atoms with Gasteiger partial charge in [-0.25, -0.2) is 4.79 Å². The number of amides is 2.